The van der Waals surface area contributed by atoms with Crippen molar-refractivity contribution in [3.63, 3.8) is 0 Å². The third-order valence-corrected chi connectivity index (χ3v) is 6.75. The average Bonchev–Trinajstić information content (AvgIpc) is 2.67. The summed E-state index contributed by atoms with van der Waals surface area (Å²) >= 11 is -1.79. The number of rotatable bonds is 7. The molecule has 0 saturated carbocycles. The molecule has 33 heavy (non-hydrogen) atoms. The van der Waals surface area contributed by atoms with E-state index in [1.165, 1.54) is 6.92 Å². The van der Waals surface area contributed by atoms with Crippen LogP contribution in [0.2, 0.25) is 0 Å². The number of esters is 1. The van der Waals surface area contributed by atoms with Crippen molar-refractivity contribution in [1.82, 2.24) is 4.72 Å². The summed E-state index contributed by atoms with van der Waals surface area (Å²) in [4.78, 5) is 12.3. The molecular formula is C24H29F4NO3S. The van der Waals surface area contributed by atoms with Gasteiger partial charge in [0.2, 0.25) is 0 Å². The van der Waals surface area contributed by atoms with Crippen molar-refractivity contribution in [2.24, 2.45) is 0 Å². The SMILES string of the molecule is CCOC(=O)CC(N[S@+]([O-])C(C)(C)C)c1c(C)c(-c2ccccc2C)cc(C(F)(F)F)c1F. The molecule has 0 bridgehead atoms. The zero-order chi connectivity index (χ0) is 25.1. The van der Waals surface area contributed by atoms with Crippen LogP contribution in [-0.2, 0) is 27.1 Å². The van der Waals surface area contributed by atoms with Crippen LogP contribution in [0.4, 0.5) is 17.6 Å². The van der Waals surface area contributed by atoms with Gasteiger partial charge in [-0.25, -0.2) is 4.39 Å². The van der Waals surface area contributed by atoms with Gasteiger partial charge in [0.1, 0.15) is 10.6 Å². The predicted octanol–water partition coefficient (Wildman–Crippen LogP) is 6.17. The minimum atomic E-state index is -4.97. The maximum absolute atomic E-state index is 15.4. The summed E-state index contributed by atoms with van der Waals surface area (Å²) in [7, 11) is 0. The van der Waals surface area contributed by atoms with E-state index in [1.54, 1.807) is 58.9 Å². The zero-order valence-corrected chi connectivity index (χ0v) is 20.3. The summed E-state index contributed by atoms with van der Waals surface area (Å²) in [5.74, 6) is -2.24. The molecule has 2 atom stereocenters. The first kappa shape index (κ1) is 27.1. The van der Waals surface area contributed by atoms with E-state index in [4.69, 9.17) is 4.74 Å². The van der Waals surface area contributed by atoms with Gasteiger partial charge in [0, 0.05) is 16.9 Å². The normalized spacial score (nSPS) is 14.2. The lowest BCUT2D eigenvalue weighted by Gasteiger charge is -2.30. The Kier molecular flexibility index (Phi) is 8.59. The summed E-state index contributed by atoms with van der Waals surface area (Å²) in [6, 6.07) is 6.32. The molecule has 182 valence electrons. The molecule has 2 aromatic rings. The fourth-order valence-electron chi connectivity index (χ4n) is 3.44. The van der Waals surface area contributed by atoms with Gasteiger partial charge >= 0.3 is 12.1 Å². The second-order valence-electron chi connectivity index (χ2n) is 8.70. The first-order valence-corrected chi connectivity index (χ1v) is 11.6. The van der Waals surface area contributed by atoms with Gasteiger partial charge in [0.25, 0.3) is 0 Å². The van der Waals surface area contributed by atoms with Crippen LogP contribution in [0, 0.1) is 19.7 Å². The number of halogens is 4. The highest BCUT2D eigenvalue weighted by molar-refractivity contribution is 7.90. The number of ether oxygens (including phenoxy) is 1. The third-order valence-electron chi connectivity index (χ3n) is 5.14. The second kappa shape index (κ2) is 10.4. The van der Waals surface area contributed by atoms with Gasteiger partial charge in [-0.15, -0.1) is 4.72 Å². The van der Waals surface area contributed by atoms with Crippen molar-refractivity contribution >= 4 is 17.3 Å². The van der Waals surface area contributed by atoms with E-state index >= 15 is 4.39 Å². The standard InChI is InChI=1S/C24H29F4NO3S/c1-7-32-20(30)13-19(29-33(31)23(4,5)6)21-15(3)17(16-11-9-8-10-14(16)2)12-18(22(21)25)24(26,27)28/h8-12,19,29H,7,13H2,1-6H3/t19?,33-/m1/s1. The predicted molar refractivity (Wildman–Crippen MR) is 121 cm³/mol. The molecule has 0 spiro atoms. The number of carbonyl (C=O) groups excluding carboxylic acids is 1. The molecule has 0 heterocycles. The lowest BCUT2D eigenvalue weighted by Crippen LogP contribution is -2.42. The molecule has 9 heteroatoms. The van der Waals surface area contributed by atoms with E-state index in [9.17, 15) is 22.5 Å². The molecule has 0 fully saturated rings. The van der Waals surface area contributed by atoms with Crippen LogP contribution in [0.3, 0.4) is 0 Å². The van der Waals surface area contributed by atoms with Crippen LogP contribution in [0.15, 0.2) is 30.3 Å². The van der Waals surface area contributed by atoms with Crippen molar-refractivity contribution in [2.45, 2.75) is 64.9 Å². The Labute approximate surface area is 195 Å². The molecule has 1 unspecified atom stereocenters. The van der Waals surface area contributed by atoms with E-state index < -0.39 is 52.1 Å². The number of hydrogen-bond donors (Lipinski definition) is 1. The molecule has 1 N–H and O–H groups in total. The fourth-order valence-corrected chi connectivity index (χ4v) is 4.25. The minimum Gasteiger partial charge on any atom is -0.598 e. The molecule has 0 aromatic heterocycles. The number of alkyl halides is 3. The molecule has 0 aliphatic rings. The van der Waals surface area contributed by atoms with E-state index in [-0.39, 0.29) is 23.3 Å². The monoisotopic (exact) mass is 487 g/mol. The lowest BCUT2D eigenvalue weighted by atomic mass is 9.87. The van der Waals surface area contributed by atoms with Crippen molar-refractivity contribution in [3.8, 4) is 11.1 Å². The molecule has 0 aliphatic carbocycles. The molecule has 0 saturated heterocycles. The van der Waals surface area contributed by atoms with Gasteiger partial charge in [-0.2, -0.15) is 13.2 Å². The maximum Gasteiger partial charge on any atom is 0.419 e. The summed E-state index contributed by atoms with van der Waals surface area (Å²) in [6.07, 6.45) is -5.45. The zero-order valence-electron chi connectivity index (χ0n) is 19.5. The van der Waals surface area contributed by atoms with Crippen molar-refractivity contribution < 1.29 is 31.6 Å². The first-order valence-electron chi connectivity index (χ1n) is 10.5. The average molecular weight is 488 g/mol. The Bertz CT molecular complexity index is 1000. The van der Waals surface area contributed by atoms with Crippen LogP contribution in [-0.4, -0.2) is 21.9 Å². The highest BCUT2D eigenvalue weighted by Crippen LogP contribution is 2.41. The Morgan fingerprint density at radius 2 is 1.76 bits per heavy atom. The molecule has 2 aromatic carbocycles. The van der Waals surface area contributed by atoms with Gasteiger partial charge in [-0.3, -0.25) is 4.79 Å². The number of benzene rings is 2. The summed E-state index contributed by atoms with van der Waals surface area (Å²) < 4.78 is 76.6. The molecular weight excluding hydrogens is 458 g/mol. The number of hydrogen-bond acceptors (Lipinski definition) is 4. The minimum absolute atomic E-state index is 0.0480. The van der Waals surface area contributed by atoms with Crippen LogP contribution in [0.5, 0.6) is 0 Å². The summed E-state index contributed by atoms with van der Waals surface area (Å²) in [6.45, 7) is 9.85. The van der Waals surface area contributed by atoms with E-state index in [0.29, 0.717) is 11.1 Å². The Morgan fingerprint density at radius 1 is 1.15 bits per heavy atom. The van der Waals surface area contributed by atoms with Crippen LogP contribution >= 0.6 is 0 Å². The summed E-state index contributed by atoms with van der Waals surface area (Å²) in [5, 5.41) is 0. The second-order valence-corrected chi connectivity index (χ2v) is 10.7. The number of aryl methyl sites for hydroxylation is 1. The molecule has 0 radical (unpaired) electrons. The van der Waals surface area contributed by atoms with E-state index in [1.807, 2.05) is 0 Å². The van der Waals surface area contributed by atoms with Crippen molar-refractivity contribution in [1.29, 1.82) is 0 Å². The number of nitrogens with one attached hydrogen (secondary N) is 1. The van der Waals surface area contributed by atoms with Gasteiger partial charge < -0.3 is 9.29 Å². The Balaban J connectivity index is 2.81. The smallest absolute Gasteiger partial charge is 0.419 e. The lowest BCUT2D eigenvalue weighted by molar-refractivity contribution is -0.143. The Morgan fingerprint density at radius 3 is 2.27 bits per heavy atom. The molecule has 0 aliphatic heterocycles. The van der Waals surface area contributed by atoms with E-state index in [0.717, 1.165) is 6.07 Å². The van der Waals surface area contributed by atoms with Gasteiger partial charge in [0.15, 0.2) is 0 Å². The summed E-state index contributed by atoms with van der Waals surface area (Å²) in [5.41, 5.74) is -0.170. The van der Waals surface area contributed by atoms with Crippen LogP contribution in [0.25, 0.3) is 11.1 Å². The van der Waals surface area contributed by atoms with Crippen molar-refractivity contribution in [2.75, 3.05) is 6.61 Å². The molecule has 0 amide bonds. The van der Waals surface area contributed by atoms with Crippen LogP contribution in [0.1, 0.15) is 62.4 Å². The molecule has 2 rings (SSSR count). The molecule has 4 nitrogen and oxygen atoms in total. The fraction of sp³-hybridized carbons (Fsp3) is 0.458. The highest BCUT2D eigenvalue weighted by Gasteiger charge is 2.40. The Hall–Kier alpha value is -2.10. The third kappa shape index (κ3) is 6.49. The first-order chi connectivity index (χ1) is 15.2. The van der Waals surface area contributed by atoms with Gasteiger partial charge in [-0.05, 0) is 69.9 Å². The van der Waals surface area contributed by atoms with Gasteiger partial charge in [-0.1, -0.05) is 24.3 Å². The highest BCUT2D eigenvalue weighted by atomic mass is 32.2. The van der Waals surface area contributed by atoms with Crippen molar-refractivity contribution in [3.05, 3.63) is 58.4 Å². The van der Waals surface area contributed by atoms with Gasteiger partial charge in [0.05, 0.1) is 24.6 Å². The van der Waals surface area contributed by atoms with E-state index in [2.05, 4.69) is 4.72 Å². The number of carbonyl (C=O) groups is 1. The largest absolute Gasteiger partial charge is 0.598 e. The topological polar surface area (TPSA) is 61.4 Å². The van der Waals surface area contributed by atoms with Crippen LogP contribution < -0.4 is 4.72 Å². The maximum atomic E-state index is 15.4. The quantitative estimate of drug-likeness (QED) is 0.288.